The number of nitro benzene ring substituents is 1. The Balaban J connectivity index is 1.18. The molecule has 8 rings (SSSR count). The summed E-state index contributed by atoms with van der Waals surface area (Å²) in [5.74, 6) is -0.187. The van der Waals surface area contributed by atoms with E-state index in [9.17, 15) is 24.8 Å². The summed E-state index contributed by atoms with van der Waals surface area (Å²) in [6, 6.07) is 27.6. The van der Waals surface area contributed by atoms with Crippen molar-refractivity contribution in [1.29, 1.82) is 0 Å². The number of aliphatic hydroxyl groups excluding tert-OH is 1. The third-order valence-corrected chi connectivity index (χ3v) is 17.6. The van der Waals surface area contributed by atoms with Crippen LogP contribution in [0.2, 0.25) is 18.6 Å². The second-order valence-electron chi connectivity index (χ2n) is 16.7. The Morgan fingerprint density at radius 1 is 1.00 bits per heavy atom. The molecule has 1 spiro atoms. The van der Waals surface area contributed by atoms with Crippen LogP contribution in [0.3, 0.4) is 0 Å². The van der Waals surface area contributed by atoms with Crippen LogP contribution in [-0.2, 0) is 44.2 Å². The number of piperidine rings is 1. The molecule has 1 N–H and O–H groups in total. The van der Waals surface area contributed by atoms with Crippen molar-refractivity contribution in [2.45, 2.75) is 88.5 Å². The number of non-ortho nitro benzene ring substituents is 1. The lowest BCUT2D eigenvalue weighted by Gasteiger charge is -2.39. The fourth-order valence-electron chi connectivity index (χ4n) is 10.1. The summed E-state index contributed by atoms with van der Waals surface area (Å²) < 4.78 is 12.7. The number of carbonyl (C=O) groups excluding carboxylic acids is 3. The smallest absolute Gasteiger partial charge is 0.269 e. The van der Waals surface area contributed by atoms with Crippen molar-refractivity contribution in [3.63, 3.8) is 0 Å². The highest BCUT2D eigenvalue weighted by Crippen LogP contribution is 2.60. The predicted octanol–water partition coefficient (Wildman–Crippen LogP) is 6.22. The monoisotopic (exact) mass is 802 g/mol. The van der Waals surface area contributed by atoms with Crippen LogP contribution in [0.1, 0.15) is 54.9 Å². The fraction of sp³-hybridized carbons (Fsp3) is 0.400. The zero-order valence-corrected chi connectivity index (χ0v) is 34.4. The van der Waals surface area contributed by atoms with Crippen LogP contribution in [-0.4, -0.2) is 73.1 Å². The second-order valence-corrected chi connectivity index (χ2v) is 21.4. The molecule has 5 atom stereocenters. The van der Waals surface area contributed by atoms with Gasteiger partial charge in [0.2, 0.25) is 11.8 Å². The summed E-state index contributed by atoms with van der Waals surface area (Å²) in [6.45, 7) is 7.45. The number of ether oxygens (including phenoxy) is 2. The van der Waals surface area contributed by atoms with Crippen molar-refractivity contribution in [2.24, 2.45) is 5.92 Å². The van der Waals surface area contributed by atoms with Crippen LogP contribution in [0, 0.1) is 16.0 Å². The van der Waals surface area contributed by atoms with Crippen LogP contribution in [0.25, 0.3) is 0 Å². The third kappa shape index (κ3) is 6.68. The van der Waals surface area contributed by atoms with Crippen molar-refractivity contribution in [1.82, 2.24) is 4.90 Å². The van der Waals surface area contributed by atoms with Gasteiger partial charge in [-0.3, -0.25) is 24.5 Å². The van der Waals surface area contributed by atoms with E-state index in [0.29, 0.717) is 42.9 Å². The lowest BCUT2D eigenvalue weighted by atomic mass is 9.82. The molecular weight excluding hydrogens is 753 g/mol. The number of nitrogens with zero attached hydrogens (tertiary/aromatic N) is 4. The Kier molecular flexibility index (Phi) is 10.5. The Morgan fingerprint density at radius 2 is 1.72 bits per heavy atom. The minimum absolute atomic E-state index is 0.0315. The van der Waals surface area contributed by atoms with E-state index in [-0.39, 0.29) is 48.5 Å². The minimum atomic E-state index is -2.65. The first-order chi connectivity index (χ1) is 27.9. The number of rotatable bonds is 10. The number of fused-ring (bicyclic) bond motifs is 3. The van der Waals surface area contributed by atoms with E-state index in [0.717, 1.165) is 40.4 Å². The minimum Gasteiger partial charge on any atom is -0.497 e. The first-order valence-electron chi connectivity index (χ1n) is 20.2. The molecule has 0 saturated carbocycles. The number of hydrogen-bond acceptors (Lipinski definition) is 8. The van der Waals surface area contributed by atoms with Gasteiger partial charge in [-0.25, -0.2) is 0 Å². The molecule has 2 saturated heterocycles. The topological polar surface area (TPSA) is 143 Å². The van der Waals surface area contributed by atoms with E-state index in [1.807, 2.05) is 79.7 Å². The van der Waals surface area contributed by atoms with Crippen molar-refractivity contribution in [2.75, 3.05) is 30.1 Å². The average Bonchev–Trinajstić information content (AvgIpc) is 3.66. The molecule has 2 fully saturated rings. The van der Waals surface area contributed by atoms with E-state index in [4.69, 9.17) is 9.47 Å². The van der Waals surface area contributed by atoms with Crippen molar-refractivity contribution < 1.29 is 33.9 Å². The Labute approximate surface area is 339 Å². The summed E-state index contributed by atoms with van der Waals surface area (Å²) in [4.78, 5) is 59.6. The number of amides is 3. The lowest BCUT2D eigenvalue weighted by molar-refractivity contribution is -0.385. The van der Waals surface area contributed by atoms with E-state index >= 15 is 4.79 Å². The first kappa shape index (κ1) is 39.5. The van der Waals surface area contributed by atoms with Gasteiger partial charge in [-0.1, -0.05) is 73.7 Å². The van der Waals surface area contributed by atoms with E-state index < -0.39 is 36.7 Å². The van der Waals surface area contributed by atoms with E-state index in [1.54, 1.807) is 27.9 Å². The second kappa shape index (κ2) is 15.4. The standard InChI is InChI=1S/C45H50N4O8Si/c1-29-43(58(3,4)37-19-17-36(56-2)18-20-37)40(25-42(52)47-27-32-10-6-5-9-31(32)23-35(47)28-50)57-45(29)38-24-34(49(54)55)16-21-39(38)48(44(45)53)26-30-12-14-33(15-13-30)46-22-8-7-11-41(46)51/h5-6,9-10,12-21,24,29,35,40,43,50H,7-8,11,22-23,25-28H2,1-4H3/t29-,35-,40+,43-,45+/m0/s1. The average molecular weight is 803 g/mol. The Hall–Kier alpha value is -5.37. The number of nitro groups is 1. The Morgan fingerprint density at radius 3 is 2.40 bits per heavy atom. The predicted molar refractivity (Wildman–Crippen MR) is 223 cm³/mol. The molecule has 0 unspecified atom stereocenters. The highest BCUT2D eigenvalue weighted by molar-refractivity contribution is 6.91. The molecule has 13 heteroatoms. The molecule has 3 amide bonds. The number of aliphatic hydroxyl groups is 1. The van der Waals surface area contributed by atoms with Gasteiger partial charge >= 0.3 is 0 Å². The summed E-state index contributed by atoms with van der Waals surface area (Å²) in [5.41, 5.74) is 2.67. The molecule has 0 radical (unpaired) electrons. The van der Waals surface area contributed by atoms with Crippen molar-refractivity contribution >= 4 is 48.0 Å². The third-order valence-electron chi connectivity index (χ3n) is 13.2. The highest BCUT2D eigenvalue weighted by Gasteiger charge is 2.67. The number of methoxy groups -OCH3 is 1. The van der Waals surface area contributed by atoms with Gasteiger partial charge in [-0.2, -0.15) is 0 Å². The molecule has 0 aromatic heterocycles. The lowest BCUT2D eigenvalue weighted by Crippen LogP contribution is -2.52. The number of benzene rings is 4. The number of hydrogen-bond donors (Lipinski definition) is 1. The summed E-state index contributed by atoms with van der Waals surface area (Å²) in [7, 11) is -1.03. The molecule has 12 nitrogen and oxygen atoms in total. The maximum absolute atomic E-state index is 15.3. The number of anilines is 2. The first-order valence-corrected chi connectivity index (χ1v) is 23.2. The molecule has 4 aromatic carbocycles. The van der Waals surface area contributed by atoms with Crippen LogP contribution in [0.5, 0.6) is 5.75 Å². The van der Waals surface area contributed by atoms with Gasteiger partial charge in [-0.05, 0) is 71.8 Å². The maximum Gasteiger partial charge on any atom is 0.269 e. The fourth-order valence-corrected chi connectivity index (χ4v) is 14.2. The van der Waals surface area contributed by atoms with Gasteiger partial charge in [-0.15, -0.1) is 0 Å². The molecule has 4 heterocycles. The van der Waals surface area contributed by atoms with E-state index in [2.05, 4.69) is 13.1 Å². The molecule has 0 aliphatic carbocycles. The normalized spacial score (nSPS) is 24.3. The van der Waals surface area contributed by atoms with E-state index in [1.165, 1.54) is 12.1 Å². The van der Waals surface area contributed by atoms with Crippen molar-refractivity contribution in [3.8, 4) is 5.75 Å². The largest absolute Gasteiger partial charge is 0.497 e. The van der Waals surface area contributed by atoms with Gasteiger partial charge in [0.05, 0.1) is 57.5 Å². The van der Waals surface area contributed by atoms with Gasteiger partial charge in [0, 0.05) is 48.8 Å². The molecule has 4 aliphatic rings. The summed E-state index contributed by atoms with van der Waals surface area (Å²) in [5, 5.41) is 23.9. The zero-order valence-electron chi connectivity index (χ0n) is 33.4. The van der Waals surface area contributed by atoms with Gasteiger partial charge in [0.1, 0.15) is 5.75 Å². The molecule has 58 heavy (non-hydrogen) atoms. The summed E-state index contributed by atoms with van der Waals surface area (Å²) in [6.07, 6.45) is 2.12. The molecule has 4 aliphatic heterocycles. The van der Waals surface area contributed by atoms with Gasteiger partial charge in [0.25, 0.3) is 11.6 Å². The molecule has 302 valence electrons. The van der Waals surface area contributed by atoms with Crippen LogP contribution < -0.4 is 19.7 Å². The quantitative estimate of drug-likeness (QED) is 0.113. The zero-order chi connectivity index (χ0) is 40.9. The summed E-state index contributed by atoms with van der Waals surface area (Å²) >= 11 is 0. The Bertz CT molecular complexity index is 2250. The van der Waals surface area contributed by atoms with Crippen LogP contribution >= 0.6 is 0 Å². The highest BCUT2D eigenvalue weighted by atomic mass is 28.3. The van der Waals surface area contributed by atoms with Crippen LogP contribution in [0.15, 0.2) is 91.0 Å². The van der Waals surface area contributed by atoms with Gasteiger partial charge < -0.3 is 29.3 Å². The SMILES string of the molecule is COc1ccc([Si](C)(C)[C@@H]2[C@@H](CC(=O)N3Cc4ccccc4C[C@H]3CO)O[C@]3(C(=O)N(Cc4ccc(N5CCCCC5=O)cc4)c4ccc([N+](=O)[O-])cc43)[C@H]2C)cc1. The number of carbonyl (C=O) groups is 3. The van der Waals surface area contributed by atoms with Gasteiger partial charge in [0.15, 0.2) is 5.60 Å². The van der Waals surface area contributed by atoms with Crippen LogP contribution in [0.4, 0.5) is 17.1 Å². The van der Waals surface area contributed by atoms with Crippen molar-refractivity contribution in [3.05, 3.63) is 123 Å². The molecular formula is C45H50N4O8Si. The molecule has 0 bridgehead atoms. The maximum atomic E-state index is 15.3. The molecule has 4 aromatic rings.